The van der Waals surface area contributed by atoms with E-state index in [2.05, 4.69) is 17.1 Å². The van der Waals surface area contributed by atoms with E-state index in [9.17, 15) is 4.79 Å². The summed E-state index contributed by atoms with van der Waals surface area (Å²) in [4.78, 5) is 14.3. The Kier molecular flexibility index (Phi) is 5.41. The van der Waals surface area contributed by atoms with Crippen molar-refractivity contribution in [2.45, 2.75) is 50.7 Å². The molecule has 0 aromatic heterocycles. The molecule has 3 unspecified atom stereocenters. The summed E-state index contributed by atoms with van der Waals surface area (Å²) in [7, 11) is 1.87. The molecule has 20 heavy (non-hydrogen) atoms. The number of morpholine rings is 1. The molecule has 2 fully saturated rings. The second-order valence-electron chi connectivity index (χ2n) is 6.17. The summed E-state index contributed by atoms with van der Waals surface area (Å²) < 4.78 is 5.70. The highest BCUT2D eigenvalue weighted by Crippen LogP contribution is 2.37. The maximum atomic E-state index is 11.8. The number of ether oxygens (including phenoxy) is 1. The lowest BCUT2D eigenvalue weighted by Gasteiger charge is -2.36. The molecule has 5 nitrogen and oxygen atoms in total. The van der Waals surface area contributed by atoms with E-state index in [1.54, 1.807) is 0 Å². The number of primary amides is 1. The van der Waals surface area contributed by atoms with Crippen LogP contribution >= 0.6 is 0 Å². The molecule has 1 saturated carbocycles. The van der Waals surface area contributed by atoms with Crippen molar-refractivity contribution >= 4 is 5.91 Å². The molecular formula is C15H29N3O2. The molecule has 0 spiro atoms. The molecule has 2 rings (SSSR count). The summed E-state index contributed by atoms with van der Waals surface area (Å²) >= 11 is 0. The fraction of sp³-hybridized carbons (Fsp3) is 0.933. The van der Waals surface area contributed by atoms with Crippen LogP contribution in [0.15, 0.2) is 0 Å². The zero-order valence-corrected chi connectivity index (χ0v) is 12.9. The number of nitrogens with one attached hydrogen (secondary N) is 1. The Bertz CT molecular complexity index is 337. The summed E-state index contributed by atoms with van der Waals surface area (Å²) in [5.41, 5.74) is 5.18. The van der Waals surface area contributed by atoms with E-state index in [0.29, 0.717) is 12.0 Å². The smallest absolute Gasteiger partial charge is 0.238 e. The number of carbonyl (C=O) groups is 1. The van der Waals surface area contributed by atoms with Crippen molar-refractivity contribution in [2.24, 2.45) is 11.7 Å². The Balaban J connectivity index is 1.88. The number of carbonyl (C=O) groups excluding carboxylic acids is 1. The lowest BCUT2D eigenvalue weighted by Crippen LogP contribution is -2.57. The molecule has 116 valence electrons. The van der Waals surface area contributed by atoms with Crippen molar-refractivity contribution in [1.82, 2.24) is 10.2 Å². The van der Waals surface area contributed by atoms with Crippen LogP contribution in [0, 0.1) is 5.92 Å². The minimum Gasteiger partial charge on any atom is -0.376 e. The van der Waals surface area contributed by atoms with Crippen LogP contribution in [0.25, 0.3) is 0 Å². The quantitative estimate of drug-likeness (QED) is 0.754. The van der Waals surface area contributed by atoms with E-state index in [0.717, 1.165) is 58.3 Å². The van der Waals surface area contributed by atoms with Crippen LogP contribution in [0.5, 0.6) is 0 Å². The maximum absolute atomic E-state index is 11.8. The molecule has 0 bridgehead atoms. The van der Waals surface area contributed by atoms with Crippen LogP contribution in [0.2, 0.25) is 0 Å². The SMILES string of the molecule is CCC1CN(CCC2CCCC2(NC)C(N)=O)CCO1. The van der Waals surface area contributed by atoms with Gasteiger partial charge in [0, 0.05) is 13.1 Å². The molecule has 3 N–H and O–H groups in total. The van der Waals surface area contributed by atoms with Gasteiger partial charge in [-0.2, -0.15) is 0 Å². The summed E-state index contributed by atoms with van der Waals surface area (Å²) in [6.07, 6.45) is 5.56. The van der Waals surface area contributed by atoms with Crippen LogP contribution in [0.4, 0.5) is 0 Å². The monoisotopic (exact) mass is 283 g/mol. The van der Waals surface area contributed by atoms with Gasteiger partial charge in [-0.05, 0) is 45.2 Å². The number of hydrogen-bond donors (Lipinski definition) is 2. The standard InChI is InChI=1S/C15H29N3O2/c1-3-13-11-18(9-10-20-13)8-6-12-5-4-7-15(12,17-2)14(16)19/h12-13,17H,3-11H2,1-2H3,(H2,16,19). The first-order valence-corrected chi connectivity index (χ1v) is 7.95. The van der Waals surface area contributed by atoms with Crippen molar-refractivity contribution in [3.05, 3.63) is 0 Å². The fourth-order valence-electron chi connectivity index (χ4n) is 3.81. The van der Waals surface area contributed by atoms with E-state index in [1.165, 1.54) is 0 Å². The van der Waals surface area contributed by atoms with Crippen molar-refractivity contribution in [2.75, 3.05) is 33.3 Å². The zero-order chi connectivity index (χ0) is 14.6. The summed E-state index contributed by atoms with van der Waals surface area (Å²) in [5.74, 6) is 0.184. The fourth-order valence-corrected chi connectivity index (χ4v) is 3.81. The Labute approximate surface area is 122 Å². The number of likely N-dealkylation sites (N-methyl/N-ethyl adjacent to an activating group) is 1. The van der Waals surface area contributed by atoms with Gasteiger partial charge in [0.25, 0.3) is 0 Å². The molecule has 0 radical (unpaired) electrons. The van der Waals surface area contributed by atoms with E-state index in [4.69, 9.17) is 10.5 Å². The number of amides is 1. The van der Waals surface area contributed by atoms with Crippen LogP contribution in [-0.4, -0.2) is 55.7 Å². The van der Waals surface area contributed by atoms with Gasteiger partial charge in [-0.3, -0.25) is 9.69 Å². The highest BCUT2D eigenvalue weighted by Gasteiger charge is 2.46. The van der Waals surface area contributed by atoms with Gasteiger partial charge in [-0.1, -0.05) is 13.3 Å². The molecule has 1 aliphatic heterocycles. The minimum atomic E-state index is -0.476. The lowest BCUT2D eigenvalue weighted by atomic mass is 9.84. The second kappa shape index (κ2) is 6.87. The van der Waals surface area contributed by atoms with Gasteiger partial charge in [-0.15, -0.1) is 0 Å². The van der Waals surface area contributed by atoms with Crippen molar-refractivity contribution in [3.8, 4) is 0 Å². The summed E-state index contributed by atoms with van der Waals surface area (Å²) in [6.45, 7) is 6.07. The van der Waals surface area contributed by atoms with Crippen molar-refractivity contribution < 1.29 is 9.53 Å². The first-order chi connectivity index (χ1) is 9.62. The van der Waals surface area contributed by atoms with Gasteiger partial charge in [0.05, 0.1) is 12.7 Å². The molecule has 3 atom stereocenters. The van der Waals surface area contributed by atoms with Gasteiger partial charge in [0.15, 0.2) is 0 Å². The highest BCUT2D eigenvalue weighted by atomic mass is 16.5. The van der Waals surface area contributed by atoms with E-state index < -0.39 is 5.54 Å². The normalized spacial score (nSPS) is 35.3. The predicted molar refractivity (Wildman–Crippen MR) is 79.4 cm³/mol. The molecular weight excluding hydrogens is 254 g/mol. The van der Waals surface area contributed by atoms with Gasteiger partial charge in [0.2, 0.25) is 5.91 Å². The average Bonchev–Trinajstić information content (AvgIpc) is 2.89. The zero-order valence-electron chi connectivity index (χ0n) is 12.9. The topological polar surface area (TPSA) is 67.6 Å². The minimum absolute atomic E-state index is 0.184. The van der Waals surface area contributed by atoms with E-state index >= 15 is 0 Å². The Morgan fingerprint density at radius 1 is 1.55 bits per heavy atom. The Morgan fingerprint density at radius 3 is 3.00 bits per heavy atom. The second-order valence-corrected chi connectivity index (χ2v) is 6.17. The Morgan fingerprint density at radius 2 is 2.35 bits per heavy atom. The van der Waals surface area contributed by atoms with Crippen LogP contribution in [0.3, 0.4) is 0 Å². The van der Waals surface area contributed by atoms with Gasteiger partial charge >= 0.3 is 0 Å². The van der Waals surface area contributed by atoms with Crippen LogP contribution < -0.4 is 11.1 Å². The van der Waals surface area contributed by atoms with Crippen molar-refractivity contribution in [1.29, 1.82) is 0 Å². The molecule has 0 aromatic carbocycles. The maximum Gasteiger partial charge on any atom is 0.238 e. The summed E-state index contributed by atoms with van der Waals surface area (Å²) in [5, 5.41) is 3.22. The molecule has 1 amide bonds. The number of nitrogens with zero attached hydrogens (tertiary/aromatic N) is 1. The van der Waals surface area contributed by atoms with Crippen molar-refractivity contribution in [3.63, 3.8) is 0 Å². The molecule has 0 aromatic rings. The van der Waals surface area contributed by atoms with Crippen LogP contribution in [0.1, 0.15) is 39.0 Å². The number of hydrogen-bond acceptors (Lipinski definition) is 4. The number of rotatable bonds is 6. The molecule has 1 aliphatic carbocycles. The molecule has 1 heterocycles. The third-order valence-corrected chi connectivity index (χ3v) is 5.18. The summed E-state index contributed by atoms with van der Waals surface area (Å²) in [6, 6.07) is 0. The molecule has 1 saturated heterocycles. The highest BCUT2D eigenvalue weighted by molar-refractivity contribution is 5.85. The van der Waals surface area contributed by atoms with Crippen LogP contribution in [-0.2, 0) is 9.53 Å². The number of nitrogens with two attached hydrogens (primary N) is 1. The van der Waals surface area contributed by atoms with E-state index in [1.807, 2.05) is 7.05 Å². The molecule has 2 aliphatic rings. The molecule has 5 heteroatoms. The first kappa shape index (κ1) is 15.7. The van der Waals surface area contributed by atoms with Gasteiger partial charge < -0.3 is 15.8 Å². The first-order valence-electron chi connectivity index (χ1n) is 7.95. The average molecular weight is 283 g/mol. The van der Waals surface area contributed by atoms with Gasteiger partial charge in [0.1, 0.15) is 5.54 Å². The van der Waals surface area contributed by atoms with Gasteiger partial charge in [-0.25, -0.2) is 0 Å². The third-order valence-electron chi connectivity index (χ3n) is 5.18. The largest absolute Gasteiger partial charge is 0.376 e. The Hall–Kier alpha value is -0.650. The predicted octanol–water partition coefficient (Wildman–Crippen LogP) is 0.731. The third kappa shape index (κ3) is 3.15. The van der Waals surface area contributed by atoms with E-state index in [-0.39, 0.29) is 5.91 Å². The lowest BCUT2D eigenvalue weighted by molar-refractivity contribution is -0.125.